The van der Waals surface area contributed by atoms with Gasteiger partial charge in [0.05, 0.1) is 6.10 Å². The Balaban J connectivity index is 2.67. The largest absolute Gasteiger partial charge is 0.491 e. The monoisotopic (exact) mass is 272 g/mol. The van der Waals surface area contributed by atoms with E-state index in [-0.39, 0.29) is 6.10 Å². The number of ether oxygens (including phenoxy) is 2. The van der Waals surface area contributed by atoms with Crippen molar-refractivity contribution in [1.82, 2.24) is 0 Å². The van der Waals surface area contributed by atoms with Gasteiger partial charge in [-0.1, -0.05) is 33.6 Å². The maximum atomic E-state index is 5.68. The average Bonchev–Trinajstić information content (AvgIpc) is 2.26. The minimum Gasteiger partial charge on any atom is -0.491 e. The van der Waals surface area contributed by atoms with Crippen LogP contribution >= 0.6 is 15.9 Å². The zero-order chi connectivity index (χ0) is 11.3. The van der Waals surface area contributed by atoms with Gasteiger partial charge in [0.1, 0.15) is 12.4 Å². The van der Waals surface area contributed by atoms with Crippen LogP contribution < -0.4 is 4.74 Å². The molecular formula is C12H17BrO2. The molecule has 1 aromatic rings. The lowest BCUT2D eigenvalue weighted by Crippen LogP contribution is -2.16. The zero-order valence-electron chi connectivity index (χ0n) is 9.42. The predicted molar refractivity (Wildman–Crippen MR) is 65.8 cm³/mol. The molecular weight excluding hydrogens is 256 g/mol. The van der Waals surface area contributed by atoms with Crippen LogP contribution in [0.2, 0.25) is 0 Å². The first kappa shape index (κ1) is 12.5. The van der Waals surface area contributed by atoms with Gasteiger partial charge in [0.2, 0.25) is 0 Å². The van der Waals surface area contributed by atoms with Crippen molar-refractivity contribution in [3.63, 3.8) is 0 Å². The lowest BCUT2D eigenvalue weighted by atomic mass is 10.1. The third-order valence-corrected chi connectivity index (χ3v) is 2.84. The lowest BCUT2D eigenvalue weighted by molar-refractivity contribution is 0.0714. The molecule has 2 nitrogen and oxygen atoms in total. The second-order valence-corrected chi connectivity index (χ2v) is 4.16. The SMILES string of the molecule is COC(C)COc1ccc(C)cc1CBr. The Morgan fingerprint density at radius 1 is 1.40 bits per heavy atom. The van der Waals surface area contributed by atoms with Crippen LogP contribution in [0.3, 0.4) is 0 Å². The average molecular weight is 273 g/mol. The minimum atomic E-state index is 0.120. The highest BCUT2D eigenvalue weighted by Crippen LogP contribution is 2.22. The van der Waals surface area contributed by atoms with Crippen molar-refractivity contribution >= 4 is 15.9 Å². The van der Waals surface area contributed by atoms with E-state index in [0.717, 1.165) is 11.1 Å². The Hall–Kier alpha value is -0.540. The summed E-state index contributed by atoms with van der Waals surface area (Å²) in [6.45, 7) is 4.65. The van der Waals surface area contributed by atoms with Crippen molar-refractivity contribution in [3.05, 3.63) is 29.3 Å². The normalized spacial score (nSPS) is 12.5. The van der Waals surface area contributed by atoms with Gasteiger partial charge in [-0.2, -0.15) is 0 Å². The molecule has 0 aliphatic rings. The number of hydrogen-bond donors (Lipinski definition) is 0. The van der Waals surface area contributed by atoms with E-state index in [1.165, 1.54) is 11.1 Å². The number of alkyl halides is 1. The van der Waals surface area contributed by atoms with Crippen molar-refractivity contribution in [3.8, 4) is 5.75 Å². The van der Waals surface area contributed by atoms with Crippen LogP contribution in [0.4, 0.5) is 0 Å². The van der Waals surface area contributed by atoms with Crippen LogP contribution in [0.5, 0.6) is 5.75 Å². The van der Waals surface area contributed by atoms with Crippen LogP contribution in [0.25, 0.3) is 0 Å². The van der Waals surface area contributed by atoms with E-state index >= 15 is 0 Å². The second kappa shape index (κ2) is 6.13. The van der Waals surface area contributed by atoms with Crippen LogP contribution in [0, 0.1) is 6.92 Å². The van der Waals surface area contributed by atoms with Gasteiger partial charge in [0.25, 0.3) is 0 Å². The molecule has 0 radical (unpaired) electrons. The molecule has 0 saturated heterocycles. The topological polar surface area (TPSA) is 18.5 Å². The van der Waals surface area contributed by atoms with Gasteiger partial charge in [-0.05, 0) is 19.9 Å². The summed E-state index contributed by atoms with van der Waals surface area (Å²) in [5.41, 5.74) is 2.43. The first-order chi connectivity index (χ1) is 7.17. The first-order valence-electron chi connectivity index (χ1n) is 4.98. The zero-order valence-corrected chi connectivity index (χ0v) is 11.0. The third kappa shape index (κ3) is 3.84. The molecule has 0 heterocycles. The van der Waals surface area contributed by atoms with E-state index in [9.17, 15) is 0 Å². The van der Waals surface area contributed by atoms with E-state index in [2.05, 4.69) is 35.0 Å². The maximum absolute atomic E-state index is 5.68. The molecule has 0 aliphatic carbocycles. The molecule has 0 spiro atoms. The van der Waals surface area contributed by atoms with E-state index in [1.54, 1.807) is 7.11 Å². The number of aryl methyl sites for hydroxylation is 1. The smallest absolute Gasteiger partial charge is 0.123 e. The van der Waals surface area contributed by atoms with Crippen molar-refractivity contribution in [2.75, 3.05) is 13.7 Å². The van der Waals surface area contributed by atoms with Crippen LogP contribution in [-0.4, -0.2) is 19.8 Å². The van der Waals surface area contributed by atoms with Crippen molar-refractivity contribution in [2.45, 2.75) is 25.3 Å². The Labute approximate surface area is 99.7 Å². The summed E-state index contributed by atoms with van der Waals surface area (Å²) < 4.78 is 10.8. The summed E-state index contributed by atoms with van der Waals surface area (Å²) in [7, 11) is 1.69. The molecule has 0 amide bonds. The molecule has 0 aromatic heterocycles. The quantitative estimate of drug-likeness (QED) is 0.766. The second-order valence-electron chi connectivity index (χ2n) is 3.60. The fraction of sp³-hybridized carbons (Fsp3) is 0.500. The summed E-state index contributed by atoms with van der Waals surface area (Å²) in [6.07, 6.45) is 0.120. The van der Waals surface area contributed by atoms with Crippen molar-refractivity contribution in [2.24, 2.45) is 0 Å². The molecule has 1 rings (SSSR count). The van der Waals surface area contributed by atoms with E-state index in [1.807, 2.05) is 13.0 Å². The van der Waals surface area contributed by atoms with Gasteiger partial charge in [-0.3, -0.25) is 0 Å². The number of rotatable bonds is 5. The summed E-state index contributed by atoms with van der Waals surface area (Å²) in [4.78, 5) is 0. The Morgan fingerprint density at radius 3 is 2.73 bits per heavy atom. The maximum Gasteiger partial charge on any atom is 0.123 e. The summed E-state index contributed by atoms with van der Waals surface area (Å²) in [6, 6.07) is 6.19. The molecule has 15 heavy (non-hydrogen) atoms. The number of hydrogen-bond acceptors (Lipinski definition) is 2. The van der Waals surface area contributed by atoms with Gasteiger partial charge in [-0.15, -0.1) is 0 Å². The van der Waals surface area contributed by atoms with Gasteiger partial charge < -0.3 is 9.47 Å². The molecule has 1 aromatic carbocycles. The number of benzene rings is 1. The highest BCUT2D eigenvalue weighted by Gasteiger charge is 2.05. The molecule has 1 unspecified atom stereocenters. The minimum absolute atomic E-state index is 0.120. The Bertz CT molecular complexity index is 312. The summed E-state index contributed by atoms with van der Waals surface area (Å²) >= 11 is 3.46. The van der Waals surface area contributed by atoms with Crippen molar-refractivity contribution in [1.29, 1.82) is 0 Å². The van der Waals surface area contributed by atoms with E-state index < -0.39 is 0 Å². The van der Waals surface area contributed by atoms with Crippen LogP contribution in [0.1, 0.15) is 18.1 Å². The van der Waals surface area contributed by atoms with Crippen LogP contribution in [0.15, 0.2) is 18.2 Å². The van der Waals surface area contributed by atoms with E-state index in [0.29, 0.717) is 6.61 Å². The molecule has 0 fully saturated rings. The molecule has 0 N–H and O–H groups in total. The lowest BCUT2D eigenvalue weighted by Gasteiger charge is -2.14. The van der Waals surface area contributed by atoms with Gasteiger partial charge in [-0.25, -0.2) is 0 Å². The van der Waals surface area contributed by atoms with Gasteiger partial charge in [0, 0.05) is 18.0 Å². The number of methoxy groups -OCH3 is 1. The Morgan fingerprint density at radius 2 is 2.13 bits per heavy atom. The van der Waals surface area contributed by atoms with Crippen molar-refractivity contribution < 1.29 is 9.47 Å². The molecule has 84 valence electrons. The summed E-state index contributed by atoms with van der Waals surface area (Å²) in [5, 5.41) is 0.811. The molecule has 0 aliphatic heterocycles. The fourth-order valence-corrected chi connectivity index (χ4v) is 1.67. The molecule has 1 atom stereocenters. The number of halogens is 1. The fourth-order valence-electron chi connectivity index (χ4n) is 1.23. The third-order valence-electron chi connectivity index (χ3n) is 2.24. The highest BCUT2D eigenvalue weighted by atomic mass is 79.9. The van der Waals surface area contributed by atoms with E-state index in [4.69, 9.17) is 9.47 Å². The summed E-state index contributed by atoms with van der Waals surface area (Å²) in [5.74, 6) is 0.932. The highest BCUT2D eigenvalue weighted by molar-refractivity contribution is 9.08. The molecule has 3 heteroatoms. The predicted octanol–water partition coefficient (Wildman–Crippen LogP) is 3.30. The van der Waals surface area contributed by atoms with Gasteiger partial charge >= 0.3 is 0 Å². The molecule has 0 saturated carbocycles. The molecule has 0 bridgehead atoms. The first-order valence-corrected chi connectivity index (χ1v) is 6.10. The standard InChI is InChI=1S/C12H17BrO2/c1-9-4-5-12(11(6-9)7-13)15-8-10(2)14-3/h4-6,10H,7-8H2,1-3H3. The Kier molecular flexibility index (Phi) is 5.12. The van der Waals surface area contributed by atoms with Gasteiger partial charge in [0.15, 0.2) is 0 Å². The van der Waals surface area contributed by atoms with Crippen LogP contribution in [-0.2, 0) is 10.1 Å².